The molecule has 1 saturated carbocycles. The van der Waals surface area contributed by atoms with Crippen molar-refractivity contribution in [2.24, 2.45) is 0 Å². The summed E-state index contributed by atoms with van der Waals surface area (Å²) in [5, 5.41) is 4.11. The first-order valence-electron chi connectivity index (χ1n) is 7.93. The van der Waals surface area contributed by atoms with Crippen LogP contribution in [0.15, 0.2) is 0 Å². The van der Waals surface area contributed by atoms with Gasteiger partial charge in [0.1, 0.15) is 5.82 Å². The van der Waals surface area contributed by atoms with E-state index < -0.39 is 0 Å². The van der Waals surface area contributed by atoms with Crippen molar-refractivity contribution in [3.8, 4) is 0 Å². The predicted molar refractivity (Wildman–Crippen MR) is 93.5 cm³/mol. The van der Waals surface area contributed by atoms with E-state index in [9.17, 15) is 0 Å². The van der Waals surface area contributed by atoms with Crippen molar-refractivity contribution in [2.45, 2.75) is 50.8 Å². The lowest BCUT2D eigenvalue weighted by molar-refractivity contribution is 0.601. The van der Waals surface area contributed by atoms with Crippen LogP contribution in [0.25, 0.3) is 0 Å². The molecule has 1 aliphatic carbocycles. The molecule has 0 amide bonds. The molecule has 2 heterocycles. The molecule has 3 rings (SSSR count). The number of nitrogens with one attached hydrogen (secondary N) is 1. The van der Waals surface area contributed by atoms with Crippen molar-refractivity contribution < 1.29 is 0 Å². The number of aromatic nitrogens is 2. The van der Waals surface area contributed by atoms with Gasteiger partial charge in [-0.3, -0.25) is 0 Å². The summed E-state index contributed by atoms with van der Waals surface area (Å²) >= 11 is 4.04. The second kappa shape index (κ2) is 6.88. The minimum atomic E-state index is 0.482. The normalized spacial score (nSPS) is 24.0. The summed E-state index contributed by atoms with van der Waals surface area (Å²) in [7, 11) is 0. The van der Waals surface area contributed by atoms with Gasteiger partial charge in [0, 0.05) is 41.2 Å². The van der Waals surface area contributed by atoms with Gasteiger partial charge in [0.05, 0.1) is 5.25 Å². The van der Waals surface area contributed by atoms with Crippen LogP contribution in [0.1, 0.15) is 53.7 Å². The zero-order chi connectivity index (χ0) is 14.8. The first-order chi connectivity index (χ1) is 10.1. The predicted octanol–water partition coefficient (Wildman–Crippen LogP) is 3.47. The SMILES string of the molecule is Cc1nc(C2CSCCS2)nc(C)c1C(C)CNC1CC1. The molecule has 2 atom stereocenters. The van der Waals surface area contributed by atoms with Crippen LogP contribution >= 0.6 is 23.5 Å². The smallest absolute Gasteiger partial charge is 0.142 e. The first kappa shape index (κ1) is 15.6. The third-order valence-electron chi connectivity index (χ3n) is 4.23. The Morgan fingerprint density at radius 3 is 2.48 bits per heavy atom. The molecule has 116 valence electrons. The van der Waals surface area contributed by atoms with Crippen LogP contribution in [-0.2, 0) is 0 Å². The topological polar surface area (TPSA) is 37.8 Å². The Hall–Kier alpha value is -0.260. The Balaban J connectivity index is 1.74. The van der Waals surface area contributed by atoms with Crippen molar-refractivity contribution in [1.29, 1.82) is 0 Å². The molecule has 21 heavy (non-hydrogen) atoms. The molecule has 0 radical (unpaired) electrons. The van der Waals surface area contributed by atoms with Crippen LogP contribution in [0, 0.1) is 13.8 Å². The Bertz CT molecular complexity index is 473. The molecule has 1 saturated heterocycles. The summed E-state index contributed by atoms with van der Waals surface area (Å²) < 4.78 is 0. The minimum absolute atomic E-state index is 0.482. The van der Waals surface area contributed by atoms with Gasteiger partial charge in [0.25, 0.3) is 0 Å². The van der Waals surface area contributed by atoms with Crippen LogP contribution < -0.4 is 5.32 Å². The van der Waals surface area contributed by atoms with Gasteiger partial charge in [0.15, 0.2) is 0 Å². The van der Waals surface area contributed by atoms with Crippen molar-refractivity contribution in [1.82, 2.24) is 15.3 Å². The summed E-state index contributed by atoms with van der Waals surface area (Å²) in [6.07, 6.45) is 2.69. The van der Waals surface area contributed by atoms with E-state index >= 15 is 0 Å². The molecule has 2 unspecified atom stereocenters. The van der Waals surface area contributed by atoms with Gasteiger partial charge < -0.3 is 5.32 Å². The molecular weight excluding hydrogens is 298 g/mol. The second-order valence-corrected chi connectivity index (χ2v) is 8.64. The molecule has 1 aromatic heterocycles. The van der Waals surface area contributed by atoms with Gasteiger partial charge >= 0.3 is 0 Å². The Morgan fingerprint density at radius 2 is 1.90 bits per heavy atom. The molecule has 0 aromatic carbocycles. The highest BCUT2D eigenvalue weighted by atomic mass is 32.2. The summed E-state index contributed by atoms with van der Waals surface area (Å²) in [6, 6.07) is 0.768. The minimum Gasteiger partial charge on any atom is -0.313 e. The molecule has 3 nitrogen and oxygen atoms in total. The average Bonchev–Trinajstić information content (AvgIpc) is 3.29. The molecule has 1 aromatic rings. The third kappa shape index (κ3) is 3.93. The molecule has 5 heteroatoms. The van der Waals surface area contributed by atoms with E-state index in [1.165, 1.54) is 41.3 Å². The molecule has 2 aliphatic rings. The zero-order valence-electron chi connectivity index (χ0n) is 13.2. The Kier molecular flexibility index (Phi) is 5.12. The standard InChI is InChI=1S/C16H25N3S2/c1-10(8-17-13-4-5-13)15-11(2)18-16(19-12(15)3)14-9-20-6-7-21-14/h10,13-14,17H,4-9H2,1-3H3. The highest BCUT2D eigenvalue weighted by Gasteiger charge is 2.24. The zero-order valence-corrected chi connectivity index (χ0v) is 14.8. The van der Waals surface area contributed by atoms with E-state index in [2.05, 4.69) is 26.1 Å². The van der Waals surface area contributed by atoms with Crippen LogP contribution in [-0.4, -0.2) is 39.8 Å². The van der Waals surface area contributed by atoms with E-state index in [0.717, 1.165) is 24.2 Å². The maximum atomic E-state index is 4.85. The summed E-state index contributed by atoms with van der Waals surface area (Å²) in [5.41, 5.74) is 3.71. The largest absolute Gasteiger partial charge is 0.313 e. The maximum Gasteiger partial charge on any atom is 0.142 e. The van der Waals surface area contributed by atoms with Crippen molar-refractivity contribution >= 4 is 23.5 Å². The fourth-order valence-corrected chi connectivity index (χ4v) is 5.58. The number of nitrogens with zero attached hydrogens (tertiary/aromatic N) is 2. The molecule has 1 aliphatic heterocycles. The Morgan fingerprint density at radius 1 is 1.19 bits per heavy atom. The number of hydrogen-bond acceptors (Lipinski definition) is 5. The van der Waals surface area contributed by atoms with E-state index in [1.54, 1.807) is 0 Å². The van der Waals surface area contributed by atoms with Crippen LogP contribution in [0.4, 0.5) is 0 Å². The first-order valence-corrected chi connectivity index (χ1v) is 10.1. The van der Waals surface area contributed by atoms with Crippen molar-refractivity contribution in [2.75, 3.05) is 23.8 Å². The fraction of sp³-hybridized carbons (Fsp3) is 0.750. The van der Waals surface area contributed by atoms with E-state index in [4.69, 9.17) is 9.97 Å². The lowest BCUT2D eigenvalue weighted by atomic mass is 9.98. The van der Waals surface area contributed by atoms with E-state index in [-0.39, 0.29) is 0 Å². The highest BCUT2D eigenvalue weighted by Crippen LogP contribution is 2.36. The number of rotatable bonds is 5. The van der Waals surface area contributed by atoms with Gasteiger partial charge in [-0.1, -0.05) is 6.92 Å². The van der Waals surface area contributed by atoms with Crippen LogP contribution in [0.3, 0.4) is 0 Å². The summed E-state index contributed by atoms with van der Waals surface area (Å²) in [4.78, 5) is 9.70. The summed E-state index contributed by atoms with van der Waals surface area (Å²) in [6.45, 7) is 7.64. The molecule has 2 fully saturated rings. The van der Waals surface area contributed by atoms with Gasteiger partial charge in [-0.25, -0.2) is 9.97 Å². The van der Waals surface area contributed by atoms with Gasteiger partial charge in [-0.05, 0) is 38.2 Å². The monoisotopic (exact) mass is 323 g/mol. The van der Waals surface area contributed by atoms with Crippen LogP contribution in [0.5, 0.6) is 0 Å². The van der Waals surface area contributed by atoms with Crippen molar-refractivity contribution in [3.63, 3.8) is 0 Å². The molecule has 0 spiro atoms. The molecule has 1 N–H and O–H groups in total. The van der Waals surface area contributed by atoms with E-state index in [1.807, 2.05) is 23.5 Å². The lowest BCUT2D eigenvalue weighted by Gasteiger charge is -2.23. The lowest BCUT2D eigenvalue weighted by Crippen LogP contribution is -2.24. The van der Waals surface area contributed by atoms with Gasteiger partial charge in [0.2, 0.25) is 0 Å². The van der Waals surface area contributed by atoms with E-state index in [0.29, 0.717) is 11.2 Å². The number of aryl methyl sites for hydroxylation is 2. The highest BCUT2D eigenvalue weighted by molar-refractivity contribution is 8.06. The van der Waals surface area contributed by atoms with Gasteiger partial charge in [-0.15, -0.1) is 11.8 Å². The Labute approximate surface area is 136 Å². The number of hydrogen-bond donors (Lipinski definition) is 1. The van der Waals surface area contributed by atoms with Crippen molar-refractivity contribution in [3.05, 3.63) is 22.8 Å². The van der Waals surface area contributed by atoms with Gasteiger partial charge in [-0.2, -0.15) is 11.8 Å². The quantitative estimate of drug-likeness (QED) is 0.898. The fourth-order valence-electron chi connectivity index (χ4n) is 2.98. The summed E-state index contributed by atoms with van der Waals surface area (Å²) in [5.74, 6) is 5.18. The maximum absolute atomic E-state index is 4.85. The molecule has 0 bridgehead atoms. The average molecular weight is 324 g/mol. The second-order valence-electron chi connectivity index (χ2n) is 6.18. The van der Waals surface area contributed by atoms with Crippen LogP contribution in [0.2, 0.25) is 0 Å². The number of thioether (sulfide) groups is 2. The molecular formula is C16H25N3S2. The third-order valence-corrected chi connectivity index (χ3v) is 6.98.